The van der Waals surface area contributed by atoms with Crippen LogP contribution in [0.1, 0.15) is 55.3 Å². The Balaban J connectivity index is 1.70. The average molecular weight is 373 g/mol. The summed E-state index contributed by atoms with van der Waals surface area (Å²) >= 11 is 1.72. The molecule has 2 heterocycles. The van der Waals surface area contributed by atoms with Crippen LogP contribution in [0.3, 0.4) is 0 Å². The van der Waals surface area contributed by atoms with Gasteiger partial charge in [-0.2, -0.15) is 0 Å². The zero-order chi connectivity index (χ0) is 18.4. The predicted octanol–water partition coefficient (Wildman–Crippen LogP) is 4.74. The quantitative estimate of drug-likeness (QED) is 0.713. The van der Waals surface area contributed by atoms with Crippen LogP contribution in [0.5, 0.6) is 0 Å². The molecule has 1 fully saturated rings. The molecule has 26 heavy (non-hydrogen) atoms. The molecular formula is C21H28N2O2S. The number of furan rings is 1. The number of carbonyl (C=O) groups is 1. The van der Waals surface area contributed by atoms with Crippen molar-refractivity contribution >= 4 is 17.7 Å². The molecule has 3 rings (SSSR count). The Kier molecular flexibility index (Phi) is 6.80. The summed E-state index contributed by atoms with van der Waals surface area (Å²) in [6.07, 6.45) is 5.41. The van der Waals surface area contributed by atoms with Crippen LogP contribution in [0.15, 0.2) is 52.0 Å². The van der Waals surface area contributed by atoms with Crippen LogP contribution in [0.2, 0.25) is 0 Å². The van der Waals surface area contributed by atoms with E-state index in [1.165, 1.54) is 19.3 Å². The van der Waals surface area contributed by atoms with E-state index in [1.54, 1.807) is 18.0 Å². The largest absolute Gasteiger partial charge is 0.468 e. The molecule has 1 aliphatic rings. The second-order valence-corrected chi connectivity index (χ2v) is 8.62. The van der Waals surface area contributed by atoms with Gasteiger partial charge in [-0.1, -0.05) is 32.4 Å². The first-order valence-corrected chi connectivity index (χ1v) is 10.3. The molecule has 1 aliphatic heterocycles. The molecule has 5 heteroatoms. The molecule has 4 nitrogen and oxygen atoms in total. The minimum Gasteiger partial charge on any atom is -0.468 e. The van der Waals surface area contributed by atoms with Gasteiger partial charge in [-0.3, -0.25) is 9.69 Å². The number of carbonyl (C=O) groups excluding carboxylic acids is 1. The van der Waals surface area contributed by atoms with E-state index < -0.39 is 0 Å². The molecule has 1 aromatic carbocycles. The van der Waals surface area contributed by atoms with Gasteiger partial charge in [0.2, 0.25) is 0 Å². The molecule has 1 saturated heterocycles. The van der Waals surface area contributed by atoms with Crippen LogP contribution in [0.25, 0.3) is 0 Å². The molecular weight excluding hydrogens is 344 g/mol. The fraction of sp³-hybridized carbons (Fsp3) is 0.476. The number of nitrogens with zero attached hydrogens (tertiary/aromatic N) is 1. The number of thioether (sulfide) groups is 1. The maximum absolute atomic E-state index is 12.8. The van der Waals surface area contributed by atoms with Gasteiger partial charge in [0.15, 0.2) is 0 Å². The van der Waals surface area contributed by atoms with E-state index in [0.717, 1.165) is 29.3 Å². The summed E-state index contributed by atoms with van der Waals surface area (Å²) in [5, 5.41) is 3.58. The van der Waals surface area contributed by atoms with Crippen molar-refractivity contribution in [1.82, 2.24) is 10.2 Å². The molecule has 0 saturated carbocycles. The van der Waals surface area contributed by atoms with E-state index in [1.807, 2.05) is 36.4 Å². The zero-order valence-corrected chi connectivity index (χ0v) is 16.4. The maximum atomic E-state index is 12.8. The standard InChI is InChI=1S/C21H28N2O2S/c1-16(2)26-20-11-5-4-9-17(20)21(24)22-15-18(19-10-8-14-25-19)23-12-6-3-7-13-23/h4-5,8-11,14,16,18H,3,6-7,12-13,15H2,1-2H3,(H,22,24). The molecule has 1 N–H and O–H groups in total. The van der Waals surface area contributed by atoms with Crippen molar-refractivity contribution in [3.8, 4) is 0 Å². The van der Waals surface area contributed by atoms with Gasteiger partial charge in [-0.15, -0.1) is 11.8 Å². The number of rotatable bonds is 7. The van der Waals surface area contributed by atoms with Crippen LogP contribution in [0, 0.1) is 0 Å². The fourth-order valence-electron chi connectivity index (χ4n) is 3.42. The van der Waals surface area contributed by atoms with Crippen molar-refractivity contribution in [1.29, 1.82) is 0 Å². The Morgan fingerprint density at radius 3 is 2.62 bits per heavy atom. The van der Waals surface area contributed by atoms with Crippen molar-refractivity contribution < 1.29 is 9.21 Å². The highest BCUT2D eigenvalue weighted by molar-refractivity contribution is 8.00. The minimum atomic E-state index is -0.0117. The summed E-state index contributed by atoms with van der Waals surface area (Å²) in [5.41, 5.74) is 0.753. The molecule has 2 aromatic rings. The topological polar surface area (TPSA) is 45.5 Å². The van der Waals surface area contributed by atoms with Gasteiger partial charge in [0.1, 0.15) is 5.76 Å². The second kappa shape index (κ2) is 9.28. The Morgan fingerprint density at radius 2 is 1.92 bits per heavy atom. The Bertz CT molecular complexity index is 694. The first kappa shape index (κ1) is 19.1. The lowest BCUT2D eigenvalue weighted by Crippen LogP contribution is -2.40. The minimum absolute atomic E-state index is 0.0117. The average Bonchev–Trinajstić information content (AvgIpc) is 3.17. The van der Waals surface area contributed by atoms with Gasteiger partial charge in [0, 0.05) is 16.7 Å². The number of benzene rings is 1. The lowest BCUT2D eigenvalue weighted by Gasteiger charge is -2.33. The molecule has 1 aromatic heterocycles. The summed E-state index contributed by atoms with van der Waals surface area (Å²) in [5.74, 6) is 0.916. The Hall–Kier alpha value is -1.72. The van der Waals surface area contributed by atoms with Crippen molar-refractivity contribution in [2.75, 3.05) is 19.6 Å². The predicted molar refractivity (Wildman–Crippen MR) is 107 cm³/mol. The van der Waals surface area contributed by atoms with E-state index in [0.29, 0.717) is 11.8 Å². The smallest absolute Gasteiger partial charge is 0.252 e. The number of hydrogen-bond acceptors (Lipinski definition) is 4. The molecule has 0 spiro atoms. The van der Waals surface area contributed by atoms with Crippen LogP contribution >= 0.6 is 11.8 Å². The van der Waals surface area contributed by atoms with Crippen LogP contribution < -0.4 is 5.32 Å². The Morgan fingerprint density at radius 1 is 1.15 bits per heavy atom. The van der Waals surface area contributed by atoms with Gasteiger partial charge in [-0.05, 0) is 50.2 Å². The molecule has 140 valence electrons. The highest BCUT2D eigenvalue weighted by Crippen LogP contribution is 2.27. The molecule has 0 bridgehead atoms. The fourth-order valence-corrected chi connectivity index (χ4v) is 4.37. The SMILES string of the molecule is CC(C)Sc1ccccc1C(=O)NCC(c1ccco1)N1CCCCC1. The summed E-state index contributed by atoms with van der Waals surface area (Å²) < 4.78 is 5.67. The van der Waals surface area contributed by atoms with Crippen LogP contribution in [0.4, 0.5) is 0 Å². The number of piperidine rings is 1. The van der Waals surface area contributed by atoms with Gasteiger partial charge in [-0.25, -0.2) is 0 Å². The Labute approximate surface area is 160 Å². The van der Waals surface area contributed by atoms with Crippen LogP contribution in [-0.4, -0.2) is 35.7 Å². The molecule has 1 atom stereocenters. The van der Waals surface area contributed by atoms with E-state index in [4.69, 9.17) is 4.42 Å². The van der Waals surface area contributed by atoms with Crippen molar-refractivity contribution in [3.05, 3.63) is 54.0 Å². The van der Waals surface area contributed by atoms with Crippen molar-refractivity contribution in [2.45, 2.75) is 49.3 Å². The highest BCUT2D eigenvalue weighted by atomic mass is 32.2. The molecule has 0 radical (unpaired) electrons. The monoisotopic (exact) mass is 372 g/mol. The summed E-state index contributed by atoms with van der Waals surface area (Å²) in [4.78, 5) is 16.3. The van der Waals surface area contributed by atoms with Gasteiger partial charge >= 0.3 is 0 Å². The summed E-state index contributed by atoms with van der Waals surface area (Å²) in [7, 11) is 0. The van der Waals surface area contributed by atoms with Crippen molar-refractivity contribution in [3.63, 3.8) is 0 Å². The lowest BCUT2D eigenvalue weighted by atomic mass is 10.1. The number of nitrogens with one attached hydrogen (secondary N) is 1. The first-order chi connectivity index (χ1) is 12.6. The van der Waals surface area contributed by atoms with Gasteiger partial charge < -0.3 is 9.73 Å². The third-order valence-electron chi connectivity index (χ3n) is 4.65. The normalized spacial score (nSPS) is 16.6. The van der Waals surface area contributed by atoms with Gasteiger partial charge in [0.05, 0.1) is 17.9 Å². The third kappa shape index (κ3) is 4.92. The maximum Gasteiger partial charge on any atom is 0.252 e. The third-order valence-corrected chi connectivity index (χ3v) is 5.73. The molecule has 0 aliphatic carbocycles. The van der Waals surface area contributed by atoms with Crippen LogP contribution in [-0.2, 0) is 0 Å². The highest BCUT2D eigenvalue weighted by Gasteiger charge is 2.25. The lowest BCUT2D eigenvalue weighted by molar-refractivity contribution is 0.0911. The number of likely N-dealkylation sites (tertiary alicyclic amines) is 1. The number of hydrogen-bond donors (Lipinski definition) is 1. The van der Waals surface area contributed by atoms with Gasteiger partial charge in [0.25, 0.3) is 5.91 Å². The van der Waals surface area contributed by atoms with E-state index >= 15 is 0 Å². The summed E-state index contributed by atoms with van der Waals surface area (Å²) in [6, 6.07) is 11.9. The van der Waals surface area contributed by atoms with E-state index in [9.17, 15) is 4.79 Å². The summed E-state index contributed by atoms with van der Waals surface area (Å²) in [6.45, 7) is 6.96. The second-order valence-electron chi connectivity index (χ2n) is 7.00. The molecule has 1 unspecified atom stereocenters. The van der Waals surface area contributed by atoms with E-state index in [2.05, 4.69) is 24.1 Å². The first-order valence-electron chi connectivity index (χ1n) is 9.46. The zero-order valence-electron chi connectivity index (χ0n) is 15.6. The van der Waals surface area contributed by atoms with Crippen molar-refractivity contribution in [2.24, 2.45) is 0 Å². The molecule has 1 amide bonds. The number of amides is 1. The van der Waals surface area contributed by atoms with E-state index in [-0.39, 0.29) is 11.9 Å².